The van der Waals surface area contributed by atoms with Crippen molar-refractivity contribution in [3.05, 3.63) is 59.2 Å². The summed E-state index contributed by atoms with van der Waals surface area (Å²) >= 11 is 0. The van der Waals surface area contributed by atoms with Gasteiger partial charge in [0.2, 0.25) is 10.0 Å². The minimum Gasteiger partial charge on any atom is -0.371 e. The van der Waals surface area contributed by atoms with Crippen LogP contribution in [-0.2, 0) is 16.4 Å². The van der Waals surface area contributed by atoms with Crippen LogP contribution in [0, 0.1) is 0 Å². The van der Waals surface area contributed by atoms with E-state index in [1.54, 1.807) is 12.1 Å². The van der Waals surface area contributed by atoms with Crippen molar-refractivity contribution >= 4 is 21.6 Å². The van der Waals surface area contributed by atoms with E-state index < -0.39 is 10.0 Å². The van der Waals surface area contributed by atoms with Crippen molar-refractivity contribution in [2.75, 3.05) is 32.1 Å². The number of hydrogen-bond acceptors (Lipinski definition) is 4. The molecule has 1 unspecified atom stereocenters. The molecule has 0 bridgehead atoms. The molecule has 168 valence electrons. The minimum atomic E-state index is -3.63. The molecule has 0 aliphatic carbocycles. The Hall–Kier alpha value is -2.38. The summed E-state index contributed by atoms with van der Waals surface area (Å²) in [5.74, 6) is -0.261. The second kappa shape index (κ2) is 9.83. The number of rotatable bonds is 7. The number of nitrogens with one attached hydrogen (secondary N) is 1. The summed E-state index contributed by atoms with van der Waals surface area (Å²) in [5.41, 5.74) is 3.46. The first kappa shape index (κ1) is 23.3. The van der Waals surface area contributed by atoms with Crippen molar-refractivity contribution < 1.29 is 13.2 Å². The average molecular weight is 444 g/mol. The molecule has 31 heavy (non-hydrogen) atoms. The SMILES string of the molecule is CCc1ccc(C(C)NC(=O)c2cc(S(=O)(=O)N(C)C)ccc2N2CCCCC2)cc1. The van der Waals surface area contributed by atoms with Gasteiger partial charge in [0.15, 0.2) is 0 Å². The number of piperidine rings is 1. The van der Waals surface area contributed by atoms with Crippen molar-refractivity contribution in [3.63, 3.8) is 0 Å². The Kier molecular flexibility index (Phi) is 7.38. The van der Waals surface area contributed by atoms with E-state index in [1.165, 1.54) is 36.5 Å². The molecule has 6 nitrogen and oxygen atoms in total. The van der Waals surface area contributed by atoms with Gasteiger partial charge >= 0.3 is 0 Å². The number of carbonyl (C=O) groups is 1. The van der Waals surface area contributed by atoms with Gasteiger partial charge < -0.3 is 10.2 Å². The van der Waals surface area contributed by atoms with E-state index in [-0.39, 0.29) is 16.8 Å². The number of nitrogens with zero attached hydrogens (tertiary/aromatic N) is 2. The lowest BCUT2D eigenvalue weighted by Crippen LogP contribution is -2.34. The van der Waals surface area contributed by atoms with Gasteiger partial charge in [0, 0.05) is 32.9 Å². The van der Waals surface area contributed by atoms with Gasteiger partial charge in [-0.15, -0.1) is 0 Å². The topological polar surface area (TPSA) is 69.7 Å². The molecule has 1 aliphatic heterocycles. The lowest BCUT2D eigenvalue weighted by atomic mass is 10.0. The highest BCUT2D eigenvalue weighted by molar-refractivity contribution is 7.89. The number of benzene rings is 2. The first-order valence-electron chi connectivity index (χ1n) is 10.9. The van der Waals surface area contributed by atoms with Crippen LogP contribution in [0.4, 0.5) is 5.69 Å². The zero-order chi connectivity index (χ0) is 22.6. The zero-order valence-electron chi connectivity index (χ0n) is 18.9. The molecule has 0 aromatic heterocycles. The molecular formula is C24H33N3O3S. The molecule has 3 rings (SSSR count). The molecule has 0 saturated carbocycles. The van der Waals surface area contributed by atoms with Crippen molar-refractivity contribution in [1.82, 2.24) is 9.62 Å². The smallest absolute Gasteiger partial charge is 0.253 e. The van der Waals surface area contributed by atoms with Gasteiger partial charge in [-0.1, -0.05) is 31.2 Å². The lowest BCUT2D eigenvalue weighted by molar-refractivity contribution is 0.0940. The number of anilines is 1. The Bertz CT molecular complexity index is 1010. The van der Waals surface area contributed by atoms with E-state index >= 15 is 0 Å². The third-order valence-electron chi connectivity index (χ3n) is 5.92. The molecule has 0 spiro atoms. The summed E-state index contributed by atoms with van der Waals surface area (Å²) in [4.78, 5) is 15.6. The maximum atomic E-state index is 13.3. The number of sulfonamides is 1. The van der Waals surface area contributed by atoms with Crippen LogP contribution in [0.1, 0.15) is 60.6 Å². The van der Waals surface area contributed by atoms with Gasteiger partial charge in [0.25, 0.3) is 5.91 Å². The second-order valence-electron chi connectivity index (χ2n) is 8.30. The van der Waals surface area contributed by atoms with E-state index in [0.717, 1.165) is 43.6 Å². The molecule has 1 fully saturated rings. The Labute approximate surface area is 186 Å². The second-order valence-corrected chi connectivity index (χ2v) is 10.5. The van der Waals surface area contributed by atoms with Gasteiger partial charge in [-0.05, 0) is 61.9 Å². The van der Waals surface area contributed by atoms with Crippen molar-refractivity contribution in [3.8, 4) is 0 Å². The average Bonchev–Trinajstić information content (AvgIpc) is 2.79. The maximum Gasteiger partial charge on any atom is 0.253 e. The quantitative estimate of drug-likeness (QED) is 0.703. The highest BCUT2D eigenvalue weighted by atomic mass is 32.2. The predicted molar refractivity (Wildman–Crippen MR) is 125 cm³/mol. The highest BCUT2D eigenvalue weighted by Crippen LogP contribution is 2.28. The van der Waals surface area contributed by atoms with E-state index in [9.17, 15) is 13.2 Å². The van der Waals surface area contributed by atoms with E-state index in [4.69, 9.17) is 0 Å². The van der Waals surface area contributed by atoms with Crippen LogP contribution in [0.2, 0.25) is 0 Å². The fraction of sp³-hybridized carbons (Fsp3) is 0.458. The molecule has 0 radical (unpaired) electrons. The van der Waals surface area contributed by atoms with Gasteiger partial charge in [-0.2, -0.15) is 0 Å². The Balaban J connectivity index is 1.93. The molecule has 7 heteroatoms. The van der Waals surface area contributed by atoms with Crippen LogP contribution in [0.5, 0.6) is 0 Å². The van der Waals surface area contributed by atoms with Gasteiger partial charge in [-0.25, -0.2) is 12.7 Å². The highest BCUT2D eigenvalue weighted by Gasteiger charge is 2.25. The third kappa shape index (κ3) is 5.28. The molecule has 1 amide bonds. The number of hydrogen-bond donors (Lipinski definition) is 1. The van der Waals surface area contributed by atoms with Crippen LogP contribution < -0.4 is 10.2 Å². The lowest BCUT2D eigenvalue weighted by Gasteiger charge is -2.31. The number of aryl methyl sites for hydroxylation is 1. The van der Waals surface area contributed by atoms with Crippen LogP contribution in [0.3, 0.4) is 0 Å². The Morgan fingerprint density at radius 1 is 1.06 bits per heavy atom. The molecule has 2 aromatic rings. The van der Waals surface area contributed by atoms with Crippen LogP contribution >= 0.6 is 0 Å². The van der Waals surface area contributed by atoms with Crippen molar-refractivity contribution in [2.45, 2.75) is 50.5 Å². The van der Waals surface area contributed by atoms with Crippen LogP contribution in [-0.4, -0.2) is 45.8 Å². The predicted octanol–water partition coefficient (Wildman–Crippen LogP) is 3.98. The first-order chi connectivity index (χ1) is 14.7. The van der Waals surface area contributed by atoms with E-state index in [0.29, 0.717) is 5.56 Å². The number of carbonyl (C=O) groups excluding carboxylic acids is 1. The maximum absolute atomic E-state index is 13.3. The van der Waals surface area contributed by atoms with Crippen molar-refractivity contribution in [2.24, 2.45) is 0 Å². The van der Waals surface area contributed by atoms with Gasteiger partial charge in [0.1, 0.15) is 0 Å². The molecule has 1 N–H and O–H groups in total. The fourth-order valence-electron chi connectivity index (χ4n) is 3.88. The molecule has 2 aromatic carbocycles. The Morgan fingerprint density at radius 2 is 1.71 bits per heavy atom. The van der Waals surface area contributed by atoms with Gasteiger partial charge in [-0.3, -0.25) is 4.79 Å². The summed E-state index contributed by atoms with van der Waals surface area (Å²) in [5, 5.41) is 3.06. The molecule has 1 heterocycles. The fourth-order valence-corrected chi connectivity index (χ4v) is 4.81. The van der Waals surface area contributed by atoms with Crippen LogP contribution in [0.25, 0.3) is 0 Å². The Morgan fingerprint density at radius 3 is 2.29 bits per heavy atom. The van der Waals surface area contributed by atoms with Gasteiger partial charge in [0.05, 0.1) is 16.5 Å². The molecule has 1 atom stereocenters. The van der Waals surface area contributed by atoms with Crippen molar-refractivity contribution in [1.29, 1.82) is 0 Å². The monoisotopic (exact) mass is 443 g/mol. The molecule has 1 aliphatic rings. The molecular weight excluding hydrogens is 410 g/mol. The minimum absolute atomic E-state index is 0.128. The van der Waals surface area contributed by atoms with Crippen LogP contribution in [0.15, 0.2) is 47.4 Å². The largest absolute Gasteiger partial charge is 0.371 e. The van der Waals surface area contributed by atoms with E-state index in [2.05, 4.69) is 29.3 Å². The summed E-state index contributed by atoms with van der Waals surface area (Å²) in [7, 11) is -0.643. The molecule has 1 saturated heterocycles. The summed E-state index contributed by atoms with van der Waals surface area (Å²) in [6.07, 6.45) is 4.28. The van der Waals surface area contributed by atoms with E-state index in [1.807, 2.05) is 19.1 Å². The summed E-state index contributed by atoms with van der Waals surface area (Å²) in [6.45, 7) is 5.79. The third-order valence-corrected chi connectivity index (χ3v) is 7.73. The first-order valence-corrected chi connectivity index (χ1v) is 12.4. The normalized spacial score (nSPS) is 15.7. The summed E-state index contributed by atoms with van der Waals surface area (Å²) < 4.78 is 26.5. The number of amides is 1. The summed E-state index contributed by atoms with van der Waals surface area (Å²) in [6, 6.07) is 12.9. The zero-order valence-corrected chi connectivity index (χ0v) is 19.7. The standard InChI is InChI=1S/C24H33N3O3S/c1-5-19-9-11-20(12-10-19)18(2)25-24(28)22-17-21(31(29,30)26(3)4)13-14-23(22)27-15-7-6-8-16-27/h9-14,17-18H,5-8,15-16H2,1-4H3,(H,25,28).